The van der Waals surface area contributed by atoms with Crippen molar-refractivity contribution >= 4 is 8.53 Å². The maximum Gasteiger partial charge on any atom is 0.330 e. The van der Waals surface area contributed by atoms with E-state index in [0.29, 0.717) is 5.75 Å². The second-order valence-corrected chi connectivity index (χ2v) is 14.1. The minimum Gasteiger partial charge on any atom is -0.497 e. The standard InChI is InChI=1S/C38H45FN5O6P/c1-26(2)44(27(3)4)51(48-24-22-40-5)50-35-32(49-36(34(35)39)43-23-21-33(45)42-37(43)46)25-41-38(28-13-9-7-10-14-28,29-15-11-8-12-16-29)30-17-19-31(47-6)20-18-30/h7-21,23,26-27,32,34-36,41H,22,24-25H2,1-4,6H3,(H,42,45,46)/t32-,34?,35+,36-,51?/m1/s1. The lowest BCUT2D eigenvalue weighted by Gasteiger charge is -2.39. The molecule has 1 saturated heterocycles. The van der Waals surface area contributed by atoms with Crippen LogP contribution in [0, 0.1) is 6.57 Å². The van der Waals surface area contributed by atoms with Crippen LogP contribution >= 0.6 is 8.53 Å². The molecule has 1 aromatic heterocycles. The van der Waals surface area contributed by atoms with Gasteiger partial charge in [-0.3, -0.25) is 19.7 Å². The van der Waals surface area contributed by atoms with Crippen LogP contribution in [-0.4, -0.2) is 71.5 Å². The van der Waals surface area contributed by atoms with Gasteiger partial charge in [-0.25, -0.2) is 20.4 Å². The molecule has 5 atom stereocenters. The SMILES string of the molecule is [C-]#[N+]CCOP(O[C@@H]1C(F)[C@H](n2ccc(=O)[nH]c2=O)O[C@@H]1CNC(c1ccccc1)(c1ccccc1)c1ccc(OC)cc1)N(C(C)C)C(C)C. The van der Waals surface area contributed by atoms with Crippen molar-refractivity contribution in [2.24, 2.45) is 0 Å². The van der Waals surface area contributed by atoms with E-state index < -0.39 is 49.9 Å². The average Bonchev–Trinajstić information content (AvgIpc) is 3.43. The number of hydrogen-bond donors (Lipinski definition) is 2. The summed E-state index contributed by atoms with van der Waals surface area (Å²) < 4.78 is 44.6. The van der Waals surface area contributed by atoms with Crippen LogP contribution in [0.1, 0.15) is 50.6 Å². The van der Waals surface area contributed by atoms with Crippen LogP contribution in [0.2, 0.25) is 0 Å². The fourth-order valence-electron chi connectivity index (χ4n) is 6.51. The Bertz CT molecular complexity index is 1800. The van der Waals surface area contributed by atoms with Crippen molar-refractivity contribution in [2.45, 2.75) is 69.9 Å². The van der Waals surface area contributed by atoms with Gasteiger partial charge in [0.1, 0.15) is 24.6 Å². The molecule has 0 amide bonds. The molecule has 51 heavy (non-hydrogen) atoms. The fraction of sp³-hybridized carbons (Fsp3) is 0.395. The first-order chi connectivity index (χ1) is 24.6. The third-order valence-electron chi connectivity index (χ3n) is 8.76. The number of nitrogens with zero attached hydrogens (tertiary/aromatic N) is 3. The third kappa shape index (κ3) is 8.47. The molecule has 270 valence electrons. The molecule has 11 nitrogen and oxygen atoms in total. The molecule has 0 saturated carbocycles. The lowest BCUT2D eigenvalue weighted by Crippen LogP contribution is -2.50. The topological polar surface area (TPSA) is 111 Å². The Morgan fingerprint density at radius 1 is 0.961 bits per heavy atom. The van der Waals surface area contributed by atoms with Gasteiger partial charge in [-0.05, 0) is 56.5 Å². The van der Waals surface area contributed by atoms with Gasteiger partial charge < -0.3 is 23.4 Å². The zero-order chi connectivity index (χ0) is 36.5. The Morgan fingerprint density at radius 3 is 2.08 bits per heavy atom. The Balaban J connectivity index is 1.60. The van der Waals surface area contributed by atoms with Crippen LogP contribution in [0.4, 0.5) is 4.39 Å². The molecule has 0 spiro atoms. The second kappa shape index (κ2) is 17.3. The highest BCUT2D eigenvalue weighted by molar-refractivity contribution is 7.44. The molecule has 3 aromatic carbocycles. The van der Waals surface area contributed by atoms with E-state index in [1.165, 1.54) is 6.20 Å². The van der Waals surface area contributed by atoms with Crippen LogP contribution in [-0.2, 0) is 19.3 Å². The number of hydrogen-bond acceptors (Lipinski definition) is 8. The molecule has 1 aliphatic heterocycles. The van der Waals surface area contributed by atoms with Crippen LogP contribution in [0.15, 0.2) is 107 Å². The summed E-state index contributed by atoms with van der Waals surface area (Å²) in [6.45, 7) is 15.6. The number of halogens is 1. The van der Waals surface area contributed by atoms with Gasteiger partial charge in [0.25, 0.3) is 14.1 Å². The van der Waals surface area contributed by atoms with Crippen molar-refractivity contribution in [1.29, 1.82) is 0 Å². The summed E-state index contributed by atoms with van der Waals surface area (Å²) >= 11 is 0. The molecule has 4 aromatic rings. The molecule has 2 N–H and O–H groups in total. The Kier molecular flexibility index (Phi) is 12.9. The molecule has 2 unspecified atom stereocenters. The van der Waals surface area contributed by atoms with Gasteiger partial charge in [0, 0.05) is 30.9 Å². The van der Waals surface area contributed by atoms with E-state index in [0.717, 1.165) is 27.3 Å². The number of aromatic nitrogens is 2. The van der Waals surface area contributed by atoms with E-state index in [2.05, 4.69) is 15.1 Å². The van der Waals surface area contributed by atoms with Crippen molar-refractivity contribution in [2.75, 3.05) is 26.8 Å². The number of rotatable bonds is 16. The summed E-state index contributed by atoms with van der Waals surface area (Å²) in [6.07, 6.45) is -4.16. The average molecular weight is 718 g/mol. The smallest absolute Gasteiger partial charge is 0.330 e. The zero-order valence-electron chi connectivity index (χ0n) is 29.4. The first-order valence-electron chi connectivity index (χ1n) is 16.9. The normalized spacial score (nSPS) is 19.8. The van der Waals surface area contributed by atoms with Crippen LogP contribution < -0.4 is 21.3 Å². The van der Waals surface area contributed by atoms with E-state index in [4.69, 9.17) is 25.1 Å². The summed E-state index contributed by atoms with van der Waals surface area (Å²) in [5.74, 6) is 0.697. The highest BCUT2D eigenvalue weighted by Crippen LogP contribution is 2.50. The van der Waals surface area contributed by atoms with Crippen molar-refractivity contribution in [3.8, 4) is 5.75 Å². The first-order valence-corrected chi connectivity index (χ1v) is 18.1. The second-order valence-electron chi connectivity index (χ2n) is 12.7. The molecule has 5 rings (SSSR count). The Morgan fingerprint density at radius 2 is 1.55 bits per heavy atom. The Hall–Kier alpha value is -4.21. The van der Waals surface area contributed by atoms with Crippen LogP contribution in [0.5, 0.6) is 5.75 Å². The summed E-state index contributed by atoms with van der Waals surface area (Å²) in [6, 6.07) is 28.7. The molecule has 1 fully saturated rings. The molecule has 0 bridgehead atoms. The van der Waals surface area contributed by atoms with Crippen molar-refractivity contribution in [3.05, 3.63) is 146 Å². The van der Waals surface area contributed by atoms with E-state index in [9.17, 15) is 9.59 Å². The molecule has 1 aliphatic rings. The van der Waals surface area contributed by atoms with Gasteiger partial charge in [-0.1, -0.05) is 72.8 Å². The maximum atomic E-state index is 16.9. The lowest BCUT2D eigenvalue weighted by molar-refractivity contribution is -0.0268. The molecule has 0 aliphatic carbocycles. The molecule has 2 heterocycles. The number of benzene rings is 3. The molecule has 13 heteroatoms. The minimum atomic E-state index is -1.87. The quantitative estimate of drug-likeness (QED) is 0.0626. The van der Waals surface area contributed by atoms with Gasteiger partial charge in [0.2, 0.25) is 6.54 Å². The van der Waals surface area contributed by atoms with Gasteiger partial charge in [0.15, 0.2) is 12.4 Å². The van der Waals surface area contributed by atoms with Gasteiger partial charge in [-0.15, -0.1) is 0 Å². The molecular formula is C38H45FN5O6P. The predicted octanol–water partition coefficient (Wildman–Crippen LogP) is 6.03. The molecule has 0 radical (unpaired) electrons. The lowest BCUT2D eigenvalue weighted by atomic mass is 9.77. The number of H-pyrrole nitrogens is 1. The third-order valence-corrected chi connectivity index (χ3v) is 10.9. The predicted molar refractivity (Wildman–Crippen MR) is 195 cm³/mol. The highest BCUT2D eigenvalue weighted by Gasteiger charge is 2.50. The molecular weight excluding hydrogens is 672 g/mol. The number of ether oxygens (including phenoxy) is 2. The first kappa shape index (κ1) is 38.0. The summed E-state index contributed by atoms with van der Waals surface area (Å²) in [5, 5.41) is 3.76. The van der Waals surface area contributed by atoms with Crippen molar-refractivity contribution < 1.29 is 22.9 Å². The highest BCUT2D eigenvalue weighted by atomic mass is 31.2. The van der Waals surface area contributed by atoms with Gasteiger partial charge >= 0.3 is 5.69 Å². The Labute approximate surface area is 299 Å². The summed E-state index contributed by atoms with van der Waals surface area (Å²) in [5.41, 5.74) is 0.407. The maximum absolute atomic E-state index is 16.9. The van der Waals surface area contributed by atoms with E-state index in [1.807, 2.05) is 117 Å². The number of methoxy groups -OCH3 is 1. The van der Waals surface area contributed by atoms with E-state index >= 15 is 4.39 Å². The fourth-order valence-corrected chi connectivity index (χ4v) is 8.26. The zero-order valence-corrected chi connectivity index (χ0v) is 30.3. The largest absolute Gasteiger partial charge is 0.497 e. The monoisotopic (exact) mass is 717 g/mol. The summed E-state index contributed by atoms with van der Waals surface area (Å²) in [7, 11) is -0.258. The number of alkyl halides is 1. The van der Waals surface area contributed by atoms with Crippen LogP contribution in [0.25, 0.3) is 4.85 Å². The van der Waals surface area contributed by atoms with Crippen molar-refractivity contribution in [3.63, 3.8) is 0 Å². The van der Waals surface area contributed by atoms with Gasteiger partial charge in [0.05, 0.1) is 12.6 Å². The van der Waals surface area contributed by atoms with Gasteiger partial charge in [-0.2, -0.15) is 0 Å². The minimum absolute atomic E-state index is 0.0301. The van der Waals surface area contributed by atoms with Crippen LogP contribution in [0.3, 0.4) is 0 Å². The van der Waals surface area contributed by atoms with E-state index in [-0.39, 0.29) is 31.8 Å². The number of nitrogens with one attached hydrogen (secondary N) is 2. The van der Waals surface area contributed by atoms with Crippen molar-refractivity contribution in [1.82, 2.24) is 19.5 Å². The summed E-state index contributed by atoms with van der Waals surface area (Å²) in [4.78, 5) is 30.5. The van der Waals surface area contributed by atoms with E-state index in [1.54, 1.807) is 7.11 Å². The number of aromatic amines is 1.